The highest BCUT2D eigenvalue weighted by Crippen LogP contribution is 2.28. The summed E-state index contributed by atoms with van der Waals surface area (Å²) in [5.74, 6) is 0. The second kappa shape index (κ2) is 9.41. The number of benzene rings is 4. The molecule has 0 saturated heterocycles. The summed E-state index contributed by atoms with van der Waals surface area (Å²) in [6.07, 6.45) is 1.79. The molecule has 0 N–H and O–H groups in total. The van der Waals surface area contributed by atoms with E-state index in [1.54, 1.807) is 48.7 Å². The van der Waals surface area contributed by atoms with E-state index in [9.17, 15) is 8.42 Å². The molecule has 0 aliphatic rings. The van der Waals surface area contributed by atoms with Crippen LogP contribution in [0.1, 0.15) is 11.1 Å². The molecule has 0 aromatic heterocycles. The molecular formula is C26H22N2O2S. The van der Waals surface area contributed by atoms with Crippen molar-refractivity contribution in [2.75, 3.05) is 4.31 Å². The van der Waals surface area contributed by atoms with Crippen molar-refractivity contribution in [1.29, 1.82) is 0 Å². The van der Waals surface area contributed by atoms with Crippen LogP contribution in [-0.2, 0) is 16.6 Å². The van der Waals surface area contributed by atoms with Crippen LogP contribution in [0.4, 0.5) is 11.4 Å². The average Bonchev–Trinajstić information content (AvgIpc) is 2.83. The molecule has 0 radical (unpaired) electrons. The van der Waals surface area contributed by atoms with Gasteiger partial charge in [0, 0.05) is 6.21 Å². The number of anilines is 1. The first kappa shape index (κ1) is 20.6. The first-order valence-corrected chi connectivity index (χ1v) is 11.4. The molecular weight excluding hydrogens is 404 g/mol. The highest BCUT2D eigenvalue weighted by molar-refractivity contribution is 7.92. The molecule has 4 nitrogen and oxygen atoms in total. The second-order valence-electron chi connectivity index (χ2n) is 7.00. The molecule has 4 aromatic rings. The molecule has 0 spiro atoms. The Labute approximate surface area is 183 Å². The molecule has 5 heteroatoms. The van der Waals surface area contributed by atoms with Gasteiger partial charge in [0.2, 0.25) is 0 Å². The van der Waals surface area contributed by atoms with Gasteiger partial charge in [0.1, 0.15) is 0 Å². The van der Waals surface area contributed by atoms with Gasteiger partial charge in [0.05, 0.1) is 22.8 Å². The van der Waals surface area contributed by atoms with Crippen LogP contribution in [-0.4, -0.2) is 14.6 Å². The van der Waals surface area contributed by atoms with Crippen molar-refractivity contribution in [3.05, 3.63) is 126 Å². The number of hydrogen-bond donors (Lipinski definition) is 0. The fourth-order valence-corrected chi connectivity index (χ4v) is 4.65. The Bertz CT molecular complexity index is 1240. The molecule has 0 aliphatic carbocycles. The molecule has 0 fully saturated rings. The first-order valence-electron chi connectivity index (χ1n) is 9.94. The number of rotatable bonds is 7. The van der Waals surface area contributed by atoms with Crippen LogP contribution in [0, 0.1) is 0 Å². The lowest BCUT2D eigenvalue weighted by molar-refractivity contribution is 0.590. The Hall–Kier alpha value is -3.70. The number of aliphatic imine (C=N–C) groups is 1. The van der Waals surface area contributed by atoms with Gasteiger partial charge >= 0.3 is 0 Å². The summed E-state index contributed by atoms with van der Waals surface area (Å²) in [4.78, 5) is 4.75. The van der Waals surface area contributed by atoms with Crippen LogP contribution in [0.3, 0.4) is 0 Å². The molecule has 31 heavy (non-hydrogen) atoms. The third-order valence-corrected chi connectivity index (χ3v) is 6.59. The molecule has 0 aliphatic heterocycles. The van der Waals surface area contributed by atoms with Gasteiger partial charge in [-0.15, -0.1) is 0 Å². The zero-order valence-electron chi connectivity index (χ0n) is 16.9. The van der Waals surface area contributed by atoms with E-state index in [4.69, 9.17) is 0 Å². The maximum atomic E-state index is 13.4. The molecule has 0 amide bonds. The minimum atomic E-state index is -3.73. The average molecular weight is 427 g/mol. The smallest absolute Gasteiger partial charge is 0.262 e. The van der Waals surface area contributed by atoms with Crippen LogP contribution in [0.5, 0.6) is 0 Å². The van der Waals surface area contributed by atoms with Crippen molar-refractivity contribution in [2.45, 2.75) is 11.4 Å². The summed E-state index contributed by atoms with van der Waals surface area (Å²) in [7, 11) is -3.73. The zero-order chi connectivity index (χ0) is 21.5. The molecule has 0 atom stereocenters. The second-order valence-corrected chi connectivity index (χ2v) is 8.86. The normalized spacial score (nSPS) is 11.5. The van der Waals surface area contributed by atoms with Gasteiger partial charge < -0.3 is 0 Å². The maximum Gasteiger partial charge on any atom is 0.264 e. The number of nitrogens with zero attached hydrogens (tertiary/aromatic N) is 2. The van der Waals surface area contributed by atoms with E-state index in [0.717, 1.165) is 16.8 Å². The van der Waals surface area contributed by atoms with Gasteiger partial charge in [-0.1, -0.05) is 78.9 Å². The van der Waals surface area contributed by atoms with Crippen LogP contribution < -0.4 is 4.31 Å². The Morgan fingerprint density at radius 1 is 0.677 bits per heavy atom. The summed E-state index contributed by atoms with van der Waals surface area (Å²) >= 11 is 0. The highest BCUT2D eigenvalue weighted by atomic mass is 32.2. The van der Waals surface area contributed by atoms with Crippen molar-refractivity contribution in [3.63, 3.8) is 0 Å². The van der Waals surface area contributed by atoms with Gasteiger partial charge in [-0.25, -0.2) is 8.42 Å². The van der Waals surface area contributed by atoms with Crippen LogP contribution in [0.2, 0.25) is 0 Å². The van der Waals surface area contributed by atoms with Crippen molar-refractivity contribution >= 4 is 27.6 Å². The van der Waals surface area contributed by atoms with Crippen LogP contribution >= 0.6 is 0 Å². The van der Waals surface area contributed by atoms with Crippen molar-refractivity contribution in [2.24, 2.45) is 4.99 Å². The topological polar surface area (TPSA) is 49.7 Å². The molecule has 154 valence electrons. The maximum absolute atomic E-state index is 13.4. The van der Waals surface area contributed by atoms with Crippen molar-refractivity contribution in [3.8, 4) is 0 Å². The van der Waals surface area contributed by atoms with E-state index in [-0.39, 0.29) is 11.4 Å². The van der Waals surface area contributed by atoms with E-state index in [1.807, 2.05) is 72.8 Å². The lowest BCUT2D eigenvalue weighted by atomic mass is 10.2. The van der Waals surface area contributed by atoms with Crippen molar-refractivity contribution in [1.82, 2.24) is 0 Å². The summed E-state index contributed by atoms with van der Waals surface area (Å²) in [5.41, 5.74) is 3.26. The fourth-order valence-electron chi connectivity index (χ4n) is 3.18. The lowest BCUT2D eigenvalue weighted by Gasteiger charge is -2.25. The molecule has 0 saturated carbocycles. The Balaban J connectivity index is 1.66. The van der Waals surface area contributed by atoms with Gasteiger partial charge in [0.15, 0.2) is 0 Å². The summed E-state index contributed by atoms with van der Waals surface area (Å²) in [6, 6.07) is 35.1. The third kappa shape index (κ3) is 5.08. The number of sulfonamides is 1. The number of hydrogen-bond acceptors (Lipinski definition) is 3. The molecule has 0 heterocycles. The van der Waals surface area contributed by atoms with Gasteiger partial charge in [-0.2, -0.15) is 0 Å². The van der Waals surface area contributed by atoms with E-state index in [1.165, 1.54) is 4.31 Å². The van der Waals surface area contributed by atoms with E-state index >= 15 is 0 Å². The van der Waals surface area contributed by atoms with Gasteiger partial charge in [-0.3, -0.25) is 9.30 Å². The zero-order valence-corrected chi connectivity index (χ0v) is 17.7. The SMILES string of the molecule is O=S(=O)(c1ccccc1)N(Cc1ccccc1)c1ccc(N=Cc2ccccc2)cc1. The third-order valence-electron chi connectivity index (χ3n) is 4.80. The Morgan fingerprint density at radius 2 is 1.23 bits per heavy atom. The van der Waals surface area contributed by atoms with E-state index in [0.29, 0.717) is 5.69 Å². The fraction of sp³-hybridized carbons (Fsp3) is 0.0385. The summed E-state index contributed by atoms with van der Waals surface area (Å²) in [5, 5.41) is 0. The van der Waals surface area contributed by atoms with Crippen LogP contribution in [0.25, 0.3) is 0 Å². The Morgan fingerprint density at radius 3 is 1.84 bits per heavy atom. The van der Waals surface area contributed by atoms with Gasteiger partial charge in [-0.05, 0) is 47.5 Å². The predicted molar refractivity (Wildman–Crippen MR) is 126 cm³/mol. The summed E-state index contributed by atoms with van der Waals surface area (Å²) in [6.45, 7) is 0.241. The van der Waals surface area contributed by atoms with Crippen LogP contribution in [0.15, 0.2) is 125 Å². The summed E-state index contributed by atoms with van der Waals surface area (Å²) < 4.78 is 28.3. The first-order chi connectivity index (χ1) is 15.1. The molecule has 4 aromatic carbocycles. The van der Waals surface area contributed by atoms with Gasteiger partial charge in [0.25, 0.3) is 10.0 Å². The van der Waals surface area contributed by atoms with Crippen molar-refractivity contribution < 1.29 is 8.42 Å². The lowest BCUT2D eigenvalue weighted by Crippen LogP contribution is -2.30. The minimum Gasteiger partial charge on any atom is -0.262 e. The monoisotopic (exact) mass is 426 g/mol. The van der Waals surface area contributed by atoms with E-state index < -0.39 is 10.0 Å². The standard InChI is InChI=1S/C26H22N2O2S/c29-31(30,26-14-8-3-9-15-26)28(21-23-12-6-2-7-13-23)25-18-16-24(17-19-25)27-20-22-10-4-1-5-11-22/h1-20H,21H2. The molecule has 4 rings (SSSR count). The predicted octanol–water partition coefficient (Wildman–Crippen LogP) is 5.83. The largest absolute Gasteiger partial charge is 0.264 e. The quantitative estimate of drug-likeness (QED) is 0.349. The molecule has 0 bridgehead atoms. The minimum absolute atomic E-state index is 0.241. The highest BCUT2D eigenvalue weighted by Gasteiger charge is 2.25. The Kier molecular flexibility index (Phi) is 6.24. The van der Waals surface area contributed by atoms with E-state index in [2.05, 4.69) is 4.99 Å². The molecule has 0 unspecified atom stereocenters.